The topological polar surface area (TPSA) is 18.5 Å². The van der Waals surface area contributed by atoms with Gasteiger partial charge in [-0.2, -0.15) is 0 Å². The molecule has 0 amide bonds. The first-order valence-corrected chi connectivity index (χ1v) is 17.5. The minimum atomic E-state index is -1.61. The molecule has 1 unspecified atom stereocenters. The molecule has 158 valence electrons. The fourth-order valence-corrected chi connectivity index (χ4v) is 8.55. The molecule has 0 radical (unpaired) electrons. The van der Waals surface area contributed by atoms with Crippen molar-refractivity contribution in [1.29, 1.82) is 0 Å². The lowest BCUT2D eigenvalue weighted by Gasteiger charge is -2.27. The summed E-state index contributed by atoms with van der Waals surface area (Å²) in [6, 6.07) is 18.1. The highest BCUT2D eigenvalue weighted by atomic mass is 28.4. The van der Waals surface area contributed by atoms with E-state index in [1.165, 1.54) is 52.7 Å². The molecule has 1 aliphatic carbocycles. The number of hydrogen-bond acceptors (Lipinski definition) is 2. The highest BCUT2D eigenvalue weighted by Crippen LogP contribution is 2.47. The smallest absolute Gasteiger partial charge is 0.187 e. The molecule has 1 aliphatic rings. The van der Waals surface area contributed by atoms with Crippen molar-refractivity contribution in [3.05, 3.63) is 59.2 Å². The van der Waals surface area contributed by atoms with Gasteiger partial charge in [0.1, 0.15) is 0 Å². The fraction of sp³-hybridized carbons (Fsp3) is 0.520. The minimum Gasteiger partial charge on any atom is -0.416 e. The Labute approximate surface area is 179 Å². The second-order valence-electron chi connectivity index (χ2n) is 9.64. The maximum atomic E-state index is 6.61. The Kier molecular flexibility index (Phi) is 7.20. The molecule has 2 aromatic rings. The maximum absolute atomic E-state index is 6.61. The average Bonchev–Trinajstić information content (AvgIpc) is 2.99. The van der Waals surface area contributed by atoms with Gasteiger partial charge in [-0.3, -0.25) is 0 Å². The van der Waals surface area contributed by atoms with Crippen LogP contribution in [0.5, 0.6) is 0 Å². The molecule has 1 atom stereocenters. The van der Waals surface area contributed by atoms with Crippen molar-refractivity contribution in [2.45, 2.75) is 77.5 Å². The highest BCUT2D eigenvalue weighted by molar-refractivity contribution is 6.71. The number of fused-ring (bicyclic) bond motifs is 3. The molecule has 0 spiro atoms. The van der Waals surface area contributed by atoms with E-state index in [-0.39, 0.29) is 0 Å². The van der Waals surface area contributed by atoms with Crippen molar-refractivity contribution < 1.29 is 8.85 Å². The molecule has 0 saturated heterocycles. The van der Waals surface area contributed by atoms with E-state index in [1.54, 1.807) is 0 Å². The summed E-state index contributed by atoms with van der Waals surface area (Å²) in [7, 11) is -3.22. The molecule has 29 heavy (non-hydrogen) atoms. The Morgan fingerprint density at radius 3 is 2.07 bits per heavy atom. The normalized spacial score (nSPS) is 16.0. The first kappa shape index (κ1) is 22.5. The van der Waals surface area contributed by atoms with Gasteiger partial charge < -0.3 is 8.85 Å². The summed E-state index contributed by atoms with van der Waals surface area (Å²) in [5, 5.41) is 0. The number of hydrogen-bond donors (Lipinski definition) is 0. The first-order chi connectivity index (χ1) is 13.8. The van der Waals surface area contributed by atoms with Crippen LogP contribution in [0.2, 0.25) is 38.3 Å². The lowest BCUT2D eigenvalue weighted by Crippen LogP contribution is -2.32. The van der Waals surface area contributed by atoms with Crippen molar-refractivity contribution in [3.63, 3.8) is 0 Å². The quantitative estimate of drug-likeness (QED) is 0.365. The van der Waals surface area contributed by atoms with Crippen LogP contribution in [0.25, 0.3) is 11.1 Å². The van der Waals surface area contributed by atoms with Crippen LogP contribution < -0.4 is 0 Å². The van der Waals surface area contributed by atoms with Crippen LogP contribution in [0, 0.1) is 0 Å². The van der Waals surface area contributed by atoms with Gasteiger partial charge in [-0.05, 0) is 66.1 Å². The van der Waals surface area contributed by atoms with Gasteiger partial charge in [-0.1, -0.05) is 69.2 Å². The minimum absolute atomic E-state index is 0.320. The largest absolute Gasteiger partial charge is 0.416 e. The summed E-state index contributed by atoms with van der Waals surface area (Å²) in [5.41, 5.74) is 6.95. The van der Waals surface area contributed by atoms with Crippen LogP contribution in [-0.2, 0) is 15.5 Å². The van der Waals surface area contributed by atoms with E-state index >= 15 is 0 Å². The van der Waals surface area contributed by atoms with E-state index in [4.69, 9.17) is 8.85 Å². The first-order valence-electron chi connectivity index (χ1n) is 11.3. The third kappa shape index (κ3) is 5.29. The zero-order valence-electron chi connectivity index (χ0n) is 19.2. The maximum Gasteiger partial charge on any atom is 0.187 e. The molecule has 0 bridgehead atoms. The van der Waals surface area contributed by atoms with Gasteiger partial charge in [-0.25, -0.2) is 0 Å². The van der Waals surface area contributed by atoms with E-state index in [9.17, 15) is 0 Å². The van der Waals surface area contributed by atoms with Gasteiger partial charge in [0.15, 0.2) is 16.6 Å². The molecule has 4 heteroatoms. The van der Waals surface area contributed by atoms with E-state index in [0.29, 0.717) is 5.92 Å². The molecular weight excluding hydrogens is 388 g/mol. The standard InChI is InChI=1S/C25H38O2Si2/c1-7-16-28(3,4)26-18-20-12-11-15-23-21-13-9-10-14-22(21)24(25(20)23)19-27-29(5,6)17-8-2/h9-15,24H,7-8,16-19H2,1-6H3. The molecule has 0 aliphatic heterocycles. The lowest BCUT2D eigenvalue weighted by atomic mass is 9.94. The summed E-state index contributed by atoms with van der Waals surface area (Å²) in [4.78, 5) is 0. The van der Waals surface area contributed by atoms with Gasteiger partial charge in [-0.15, -0.1) is 0 Å². The van der Waals surface area contributed by atoms with Crippen molar-refractivity contribution >= 4 is 16.6 Å². The second kappa shape index (κ2) is 9.29. The second-order valence-corrected chi connectivity index (χ2v) is 18.3. The SMILES string of the molecule is CCC[Si](C)(C)OCc1cccc2c1C(CO[Si](C)(C)CCC)c1ccccc1-2. The predicted octanol–water partition coefficient (Wildman–Crippen LogP) is 7.56. The molecule has 0 heterocycles. The van der Waals surface area contributed by atoms with E-state index in [1.807, 2.05) is 0 Å². The molecular formula is C25H38O2Si2. The Hall–Kier alpha value is -1.21. The van der Waals surface area contributed by atoms with E-state index in [0.717, 1.165) is 13.2 Å². The molecule has 0 N–H and O–H groups in total. The molecule has 3 rings (SSSR count). The van der Waals surface area contributed by atoms with Gasteiger partial charge in [0.25, 0.3) is 0 Å². The zero-order chi connectivity index (χ0) is 21.1. The van der Waals surface area contributed by atoms with E-state index < -0.39 is 16.6 Å². The van der Waals surface area contributed by atoms with Crippen LogP contribution >= 0.6 is 0 Å². The summed E-state index contributed by atoms with van der Waals surface area (Å²) < 4.78 is 13.1. The van der Waals surface area contributed by atoms with Crippen LogP contribution in [0.1, 0.15) is 49.3 Å². The molecule has 2 nitrogen and oxygen atoms in total. The van der Waals surface area contributed by atoms with E-state index in [2.05, 4.69) is 82.5 Å². The Morgan fingerprint density at radius 1 is 0.759 bits per heavy atom. The van der Waals surface area contributed by atoms with Crippen LogP contribution in [-0.4, -0.2) is 23.2 Å². The third-order valence-electron chi connectivity index (χ3n) is 6.13. The predicted molar refractivity (Wildman–Crippen MR) is 130 cm³/mol. The van der Waals surface area contributed by atoms with Crippen molar-refractivity contribution in [2.75, 3.05) is 6.61 Å². The molecule has 0 fully saturated rings. The van der Waals surface area contributed by atoms with Gasteiger partial charge in [0.2, 0.25) is 0 Å². The molecule has 0 aromatic heterocycles. The Bertz CT molecular complexity index is 829. The third-order valence-corrected chi connectivity index (χ3v) is 11.4. The Balaban J connectivity index is 1.91. The van der Waals surface area contributed by atoms with Crippen LogP contribution in [0.15, 0.2) is 42.5 Å². The number of benzene rings is 2. The summed E-state index contributed by atoms with van der Waals surface area (Å²) in [6.07, 6.45) is 2.40. The molecule has 0 saturated carbocycles. The summed E-state index contributed by atoms with van der Waals surface area (Å²) >= 11 is 0. The van der Waals surface area contributed by atoms with Gasteiger partial charge in [0, 0.05) is 12.5 Å². The van der Waals surface area contributed by atoms with Gasteiger partial charge in [0.05, 0.1) is 6.61 Å². The van der Waals surface area contributed by atoms with Crippen molar-refractivity contribution in [2.24, 2.45) is 0 Å². The average molecular weight is 427 g/mol. The fourth-order valence-electron chi connectivity index (χ4n) is 4.69. The summed E-state index contributed by atoms with van der Waals surface area (Å²) in [6.45, 7) is 15.4. The number of rotatable bonds is 10. The lowest BCUT2D eigenvalue weighted by molar-refractivity contribution is 0.282. The Morgan fingerprint density at radius 2 is 1.38 bits per heavy atom. The summed E-state index contributed by atoms with van der Waals surface area (Å²) in [5.74, 6) is 0.320. The highest BCUT2D eigenvalue weighted by Gasteiger charge is 2.33. The molecule has 2 aromatic carbocycles. The van der Waals surface area contributed by atoms with Gasteiger partial charge >= 0.3 is 0 Å². The van der Waals surface area contributed by atoms with Crippen molar-refractivity contribution in [1.82, 2.24) is 0 Å². The van der Waals surface area contributed by atoms with Crippen molar-refractivity contribution in [3.8, 4) is 11.1 Å². The van der Waals surface area contributed by atoms with Crippen LogP contribution in [0.4, 0.5) is 0 Å². The monoisotopic (exact) mass is 426 g/mol. The van der Waals surface area contributed by atoms with Crippen LogP contribution in [0.3, 0.4) is 0 Å². The zero-order valence-corrected chi connectivity index (χ0v) is 21.2.